The highest BCUT2D eigenvalue weighted by Crippen LogP contribution is 2.56. The van der Waals surface area contributed by atoms with Crippen molar-refractivity contribution in [1.82, 2.24) is 4.57 Å². The molecule has 0 saturated carbocycles. The number of anilines is 3. The molecule has 0 unspecified atom stereocenters. The molecular weight excluding hydrogens is 937 g/mol. The molecule has 15 rings (SSSR count). The molecule has 1 aliphatic rings. The van der Waals surface area contributed by atoms with Crippen molar-refractivity contribution >= 4 is 70.4 Å². The first kappa shape index (κ1) is 44.0. The van der Waals surface area contributed by atoms with Crippen molar-refractivity contribution in [3.05, 3.63) is 313 Å². The molecule has 12 aromatic carbocycles. The van der Waals surface area contributed by atoms with Gasteiger partial charge in [-0.05, 0) is 140 Å². The van der Waals surface area contributed by atoms with Gasteiger partial charge in [0.1, 0.15) is 0 Å². The van der Waals surface area contributed by atoms with E-state index in [-0.39, 0.29) is 0 Å². The van der Waals surface area contributed by atoms with Crippen LogP contribution in [0.2, 0.25) is 0 Å². The molecule has 0 amide bonds. The number of benzene rings is 12. The molecule has 356 valence electrons. The van der Waals surface area contributed by atoms with Crippen molar-refractivity contribution in [2.45, 2.75) is 5.41 Å². The van der Waals surface area contributed by atoms with Crippen LogP contribution in [0.1, 0.15) is 22.3 Å². The standard InChI is InChI=1S/C73H48N2S/c1-2-18-54(19-3-1)73(67-27-9-4-20-61(67)62-21-5-10-28-68(62)73)55-38-46-58(47-39-55)74(56-40-32-49(33-41-56)50-34-44-59(45-35-50)75-69-29-11-6-22-63(69)64-23-7-12-30-70(64)75)57-42-36-51(37-43-57)52-16-14-17-53(48-52)60-25-15-26-66-65-24-8-13-31-71(65)76-72(60)66/h1-48H. The van der Waals surface area contributed by atoms with Crippen molar-refractivity contribution in [2.75, 3.05) is 4.90 Å². The number of fused-ring (bicyclic) bond motifs is 9. The lowest BCUT2D eigenvalue weighted by Gasteiger charge is -2.34. The average molecular weight is 985 g/mol. The minimum absolute atomic E-state index is 0.477. The molecule has 0 fully saturated rings. The van der Waals surface area contributed by atoms with E-state index in [4.69, 9.17) is 0 Å². The minimum atomic E-state index is -0.477. The number of thiophene rings is 1. The maximum absolute atomic E-state index is 2.40. The van der Waals surface area contributed by atoms with Gasteiger partial charge in [0.2, 0.25) is 0 Å². The van der Waals surface area contributed by atoms with E-state index in [2.05, 4.69) is 301 Å². The fraction of sp³-hybridized carbons (Fsp3) is 0.0137. The molecule has 0 aliphatic heterocycles. The Balaban J connectivity index is 0.815. The van der Waals surface area contributed by atoms with Gasteiger partial charge in [0.05, 0.1) is 16.4 Å². The van der Waals surface area contributed by atoms with Crippen LogP contribution in [0, 0.1) is 0 Å². The van der Waals surface area contributed by atoms with E-state index in [0.717, 1.165) is 28.3 Å². The lowest BCUT2D eigenvalue weighted by atomic mass is 9.68. The van der Waals surface area contributed by atoms with Crippen LogP contribution in [0.4, 0.5) is 17.1 Å². The van der Waals surface area contributed by atoms with Gasteiger partial charge in [-0.25, -0.2) is 0 Å². The zero-order chi connectivity index (χ0) is 50.2. The van der Waals surface area contributed by atoms with E-state index in [9.17, 15) is 0 Å². The van der Waals surface area contributed by atoms with Crippen LogP contribution in [-0.4, -0.2) is 4.57 Å². The molecule has 0 spiro atoms. The highest BCUT2D eigenvalue weighted by molar-refractivity contribution is 7.26. The molecule has 1 aliphatic carbocycles. The molecule has 0 radical (unpaired) electrons. The Morgan fingerprint density at radius 2 is 0.750 bits per heavy atom. The van der Waals surface area contributed by atoms with Crippen molar-refractivity contribution in [3.63, 3.8) is 0 Å². The Bertz CT molecular complexity index is 4390. The van der Waals surface area contributed by atoms with Crippen molar-refractivity contribution in [2.24, 2.45) is 0 Å². The zero-order valence-corrected chi connectivity index (χ0v) is 42.3. The van der Waals surface area contributed by atoms with Crippen LogP contribution >= 0.6 is 11.3 Å². The van der Waals surface area contributed by atoms with E-state index in [1.807, 2.05) is 11.3 Å². The first-order valence-electron chi connectivity index (χ1n) is 26.1. The summed E-state index contributed by atoms with van der Waals surface area (Å²) in [6.07, 6.45) is 0. The minimum Gasteiger partial charge on any atom is -0.311 e. The van der Waals surface area contributed by atoms with Crippen LogP contribution in [0.25, 0.3) is 92.2 Å². The third-order valence-corrected chi connectivity index (χ3v) is 17.1. The normalized spacial score (nSPS) is 12.6. The second-order valence-corrected chi connectivity index (χ2v) is 21.0. The highest BCUT2D eigenvalue weighted by atomic mass is 32.1. The topological polar surface area (TPSA) is 8.17 Å². The van der Waals surface area contributed by atoms with Gasteiger partial charge in [0, 0.05) is 53.7 Å². The third-order valence-electron chi connectivity index (χ3n) is 15.9. The maximum Gasteiger partial charge on any atom is 0.0713 e. The molecule has 0 bridgehead atoms. The molecule has 0 saturated heterocycles. The Kier molecular flexibility index (Phi) is 10.3. The number of rotatable bonds is 9. The summed E-state index contributed by atoms with van der Waals surface area (Å²) in [6.45, 7) is 0. The van der Waals surface area contributed by atoms with E-state index in [1.165, 1.54) is 103 Å². The maximum atomic E-state index is 2.40. The van der Waals surface area contributed by atoms with Gasteiger partial charge in [-0.1, -0.05) is 218 Å². The molecule has 2 aromatic heterocycles. The molecule has 2 heterocycles. The lowest BCUT2D eigenvalue weighted by molar-refractivity contribution is 0.768. The number of hydrogen-bond donors (Lipinski definition) is 0. The van der Waals surface area contributed by atoms with Gasteiger partial charge in [-0.3, -0.25) is 0 Å². The van der Waals surface area contributed by atoms with Gasteiger partial charge in [0.25, 0.3) is 0 Å². The van der Waals surface area contributed by atoms with Crippen molar-refractivity contribution in [3.8, 4) is 50.2 Å². The van der Waals surface area contributed by atoms with E-state index in [0.29, 0.717) is 0 Å². The summed E-state index contributed by atoms with van der Waals surface area (Å²) < 4.78 is 5.03. The molecule has 0 N–H and O–H groups in total. The second kappa shape index (κ2) is 17.8. The number of hydrogen-bond acceptors (Lipinski definition) is 2. The van der Waals surface area contributed by atoms with E-state index >= 15 is 0 Å². The molecule has 14 aromatic rings. The summed E-state index contributed by atoms with van der Waals surface area (Å²) in [4.78, 5) is 2.40. The predicted molar refractivity (Wildman–Crippen MR) is 322 cm³/mol. The van der Waals surface area contributed by atoms with Crippen LogP contribution in [0.5, 0.6) is 0 Å². The zero-order valence-electron chi connectivity index (χ0n) is 41.5. The van der Waals surface area contributed by atoms with Crippen LogP contribution in [-0.2, 0) is 5.41 Å². The fourth-order valence-electron chi connectivity index (χ4n) is 12.5. The number of para-hydroxylation sites is 2. The van der Waals surface area contributed by atoms with Crippen LogP contribution in [0.3, 0.4) is 0 Å². The van der Waals surface area contributed by atoms with Crippen LogP contribution in [0.15, 0.2) is 291 Å². The van der Waals surface area contributed by atoms with Crippen molar-refractivity contribution < 1.29 is 0 Å². The van der Waals surface area contributed by atoms with Gasteiger partial charge in [-0.2, -0.15) is 0 Å². The summed E-state index contributed by atoms with van der Waals surface area (Å²) >= 11 is 1.88. The molecule has 0 atom stereocenters. The van der Waals surface area contributed by atoms with Crippen LogP contribution < -0.4 is 4.90 Å². The van der Waals surface area contributed by atoms with Gasteiger partial charge in [0.15, 0.2) is 0 Å². The molecule has 3 heteroatoms. The van der Waals surface area contributed by atoms with E-state index in [1.54, 1.807) is 0 Å². The Hall–Kier alpha value is -9.54. The SMILES string of the molecule is c1ccc(C2(c3ccc(N(c4ccc(-c5ccc(-n6c7ccccc7c7ccccc76)cc5)cc4)c4ccc(-c5cccc(-c6cccc7c6sc6ccccc67)c5)cc4)cc3)c3ccccc3-c3ccccc32)cc1. The third kappa shape index (κ3) is 6.94. The van der Waals surface area contributed by atoms with Gasteiger partial charge in [-0.15, -0.1) is 11.3 Å². The predicted octanol–water partition coefficient (Wildman–Crippen LogP) is 20.0. The first-order valence-corrected chi connectivity index (χ1v) is 27.0. The largest absolute Gasteiger partial charge is 0.311 e. The highest BCUT2D eigenvalue weighted by Gasteiger charge is 2.45. The molecule has 76 heavy (non-hydrogen) atoms. The Morgan fingerprint density at radius 3 is 1.38 bits per heavy atom. The first-order chi connectivity index (χ1) is 37.7. The lowest BCUT2D eigenvalue weighted by Crippen LogP contribution is -2.28. The summed E-state index contributed by atoms with van der Waals surface area (Å²) in [5.41, 5.74) is 21.2. The second-order valence-electron chi connectivity index (χ2n) is 20.0. The summed E-state index contributed by atoms with van der Waals surface area (Å²) in [5, 5.41) is 5.17. The smallest absolute Gasteiger partial charge is 0.0713 e. The monoisotopic (exact) mass is 984 g/mol. The summed E-state index contributed by atoms with van der Waals surface area (Å²) in [6, 6.07) is 107. The average Bonchev–Trinajstić information content (AvgIpc) is 4.29. The summed E-state index contributed by atoms with van der Waals surface area (Å²) in [5.74, 6) is 0. The van der Waals surface area contributed by atoms with Gasteiger partial charge >= 0.3 is 0 Å². The summed E-state index contributed by atoms with van der Waals surface area (Å²) in [7, 11) is 0. The van der Waals surface area contributed by atoms with Gasteiger partial charge < -0.3 is 9.47 Å². The number of aromatic nitrogens is 1. The molecular formula is C73H48N2S. The number of nitrogens with zero attached hydrogens (tertiary/aromatic N) is 2. The fourth-order valence-corrected chi connectivity index (χ4v) is 13.7. The van der Waals surface area contributed by atoms with Crippen molar-refractivity contribution in [1.29, 1.82) is 0 Å². The molecule has 2 nitrogen and oxygen atoms in total. The Morgan fingerprint density at radius 1 is 0.303 bits per heavy atom. The Labute approximate surface area is 446 Å². The van der Waals surface area contributed by atoms with E-state index < -0.39 is 5.41 Å². The quantitative estimate of drug-likeness (QED) is 0.140.